The molecule has 3 nitrogen and oxygen atoms in total. The van der Waals surface area contributed by atoms with Crippen molar-refractivity contribution in [3.63, 3.8) is 0 Å². The summed E-state index contributed by atoms with van der Waals surface area (Å²) in [5, 5.41) is 12.8. The molecule has 4 heteroatoms. The lowest BCUT2D eigenvalue weighted by Gasteiger charge is -2.20. The zero-order valence-corrected chi connectivity index (χ0v) is 11.3. The summed E-state index contributed by atoms with van der Waals surface area (Å²) in [7, 11) is 2.12. The third-order valence-corrected chi connectivity index (χ3v) is 4.15. The number of fused-ring (bicyclic) bond motifs is 1. The van der Waals surface area contributed by atoms with Gasteiger partial charge in [-0.1, -0.05) is 0 Å². The van der Waals surface area contributed by atoms with Crippen LogP contribution in [0.25, 0.3) is 10.1 Å². The SMILES string of the molecule is CC(C)N(C)CCc1csc2ccnc(O)c12. The van der Waals surface area contributed by atoms with Crippen LogP contribution in [0.5, 0.6) is 5.88 Å². The maximum absolute atomic E-state index is 9.80. The average Bonchev–Trinajstić information content (AvgIpc) is 2.70. The first kappa shape index (κ1) is 12.3. The number of pyridine rings is 1. The molecule has 0 aliphatic heterocycles. The summed E-state index contributed by atoms with van der Waals surface area (Å²) >= 11 is 1.67. The molecule has 2 heterocycles. The van der Waals surface area contributed by atoms with E-state index in [1.807, 2.05) is 6.07 Å². The highest BCUT2D eigenvalue weighted by Crippen LogP contribution is 2.31. The lowest BCUT2D eigenvalue weighted by molar-refractivity contribution is 0.278. The molecule has 92 valence electrons. The molecule has 0 fully saturated rings. The molecule has 0 saturated heterocycles. The number of aromatic hydroxyl groups is 1. The van der Waals surface area contributed by atoms with Crippen molar-refractivity contribution in [1.29, 1.82) is 0 Å². The average molecular weight is 250 g/mol. The van der Waals surface area contributed by atoms with Gasteiger partial charge in [-0.05, 0) is 44.3 Å². The minimum Gasteiger partial charge on any atom is -0.493 e. The van der Waals surface area contributed by atoms with Crippen LogP contribution < -0.4 is 0 Å². The summed E-state index contributed by atoms with van der Waals surface area (Å²) in [5.74, 6) is 0.158. The van der Waals surface area contributed by atoms with Crippen LogP contribution in [0.4, 0.5) is 0 Å². The fourth-order valence-corrected chi connectivity index (χ4v) is 2.75. The Morgan fingerprint density at radius 2 is 2.24 bits per heavy atom. The van der Waals surface area contributed by atoms with E-state index in [9.17, 15) is 5.11 Å². The Morgan fingerprint density at radius 3 is 2.94 bits per heavy atom. The Morgan fingerprint density at radius 1 is 1.47 bits per heavy atom. The van der Waals surface area contributed by atoms with Gasteiger partial charge in [-0.15, -0.1) is 11.3 Å². The zero-order chi connectivity index (χ0) is 12.4. The Balaban J connectivity index is 2.19. The highest BCUT2D eigenvalue weighted by Gasteiger charge is 2.10. The van der Waals surface area contributed by atoms with E-state index in [1.54, 1.807) is 17.5 Å². The number of aromatic nitrogens is 1. The predicted octanol–water partition coefficient (Wildman–Crippen LogP) is 2.88. The van der Waals surface area contributed by atoms with Crippen LogP contribution in [0.2, 0.25) is 0 Å². The number of hydrogen-bond acceptors (Lipinski definition) is 4. The molecule has 0 radical (unpaired) electrons. The predicted molar refractivity (Wildman–Crippen MR) is 72.8 cm³/mol. The van der Waals surface area contributed by atoms with Gasteiger partial charge in [0, 0.05) is 23.5 Å². The van der Waals surface area contributed by atoms with E-state index in [0.29, 0.717) is 6.04 Å². The van der Waals surface area contributed by atoms with Crippen LogP contribution >= 0.6 is 11.3 Å². The van der Waals surface area contributed by atoms with E-state index in [1.165, 1.54) is 5.56 Å². The fourth-order valence-electron chi connectivity index (χ4n) is 1.77. The maximum Gasteiger partial charge on any atom is 0.219 e. The van der Waals surface area contributed by atoms with Gasteiger partial charge in [-0.25, -0.2) is 4.98 Å². The highest BCUT2D eigenvalue weighted by atomic mass is 32.1. The molecule has 0 saturated carbocycles. The molecule has 0 aliphatic carbocycles. The van der Waals surface area contributed by atoms with E-state index in [0.717, 1.165) is 23.1 Å². The van der Waals surface area contributed by atoms with Gasteiger partial charge >= 0.3 is 0 Å². The van der Waals surface area contributed by atoms with Crippen molar-refractivity contribution in [3.05, 3.63) is 23.2 Å². The molecule has 1 N–H and O–H groups in total. The lowest BCUT2D eigenvalue weighted by atomic mass is 10.1. The fraction of sp³-hybridized carbons (Fsp3) is 0.462. The van der Waals surface area contributed by atoms with Crippen LogP contribution in [0.15, 0.2) is 17.6 Å². The largest absolute Gasteiger partial charge is 0.493 e. The second-order valence-electron chi connectivity index (χ2n) is 4.59. The van der Waals surface area contributed by atoms with Gasteiger partial charge in [-0.3, -0.25) is 0 Å². The minimum atomic E-state index is 0.158. The van der Waals surface area contributed by atoms with E-state index < -0.39 is 0 Å². The van der Waals surface area contributed by atoms with Crippen LogP contribution in [0.3, 0.4) is 0 Å². The number of hydrogen-bond donors (Lipinski definition) is 1. The summed E-state index contributed by atoms with van der Waals surface area (Å²) < 4.78 is 1.11. The molecule has 2 aromatic rings. The number of nitrogens with zero attached hydrogens (tertiary/aromatic N) is 2. The van der Waals surface area contributed by atoms with Gasteiger partial charge < -0.3 is 10.0 Å². The van der Waals surface area contributed by atoms with Gasteiger partial charge in [0.15, 0.2) is 0 Å². The van der Waals surface area contributed by atoms with Crippen LogP contribution in [-0.4, -0.2) is 34.6 Å². The van der Waals surface area contributed by atoms with E-state index >= 15 is 0 Å². The second kappa shape index (κ2) is 5.02. The molecule has 17 heavy (non-hydrogen) atoms. The quantitative estimate of drug-likeness (QED) is 0.906. The number of likely N-dealkylation sites (N-methyl/N-ethyl adjacent to an activating group) is 1. The van der Waals surface area contributed by atoms with Gasteiger partial charge in [-0.2, -0.15) is 0 Å². The molecule has 0 spiro atoms. The Hall–Kier alpha value is -1.13. The molecule has 2 rings (SSSR count). The molecule has 2 aromatic heterocycles. The molecule has 0 bridgehead atoms. The van der Waals surface area contributed by atoms with Gasteiger partial charge in [0.25, 0.3) is 0 Å². The topological polar surface area (TPSA) is 36.4 Å². The Labute approximate surface area is 106 Å². The van der Waals surface area contributed by atoms with Crippen molar-refractivity contribution in [2.75, 3.05) is 13.6 Å². The molecule has 0 unspecified atom stereocenters. The van der Waals surface area contributed by atoms with Crippen molar-refractivity contribution < 1.29 is 5.11 Å². The van der Waals surface area contributed by atoms with Crippen LogP contribution in [0.1, 0.15) is 19.4 Å². The van der Waals surface area contributed by atoms with Crippen molar-refractivity contribution in [2.45, 2.75) is 26.3 Å². The third kappa shape index (κ3) is 2.58. The summed E-state index contributed by atoms with van der Waals surface area (Å²) in [6.07, 6.45) is 2.60. The summed E-state index contributed by atoms with van der Waals surface area (Å²) in [6.45, 7) is 5.37. The van der Waals surface area contributed by atoms with Crippen molar-refractivity contribution in [3.8, 4) is 5.88 Å². The van der Waals surface area contributed by atoms with Crippen LogP contribution in [0, 0.1) is 0 Å². The van der Waals surface area contributed by atoms with Crippen molar-refractivity contribution in [2.24, 2.45) is 0 Å². The summed E-state index contributed by atoms with van der Waals surface area (Å²) in [5.41, 5.74) is 1.20. The summed E-state index contributed by atoms with van der Waals surface area (Å²) in [4.78, 5) is 6.25. The molecule has 0 aliphatic rings. The number of rotatable bonds is 4. The minimum absolute atomic E-state index is 0.158. The summed E-state index contributed by atoms with van der Waals surface area (Å²) in [6, 6.07) is 2.50. The van der Waals surface area contributed by atoms with Crippen molar-refractivity contribution >= 4 is 21.4 Å². The zero-order valence-electron chi connectivity index (χ0n) is 10.5. The normalized spacial score (nSPS) is 11.8. The van der Waals surface area contributed by atoms with Gasteiger partial charge in [0.05, 0.1) is 5.39 Å². The van der Waals surface area contributed by atoms with E-state index in [2.05, 4.69) is 36.2 Å². The second-order valence-corrected chi connectivity index (χ2v) is 5.50. The Kier molecular flexibility index (Phi) is 3.64. The lowest BCUT2D eigenvalue weighted by Crippen LogP contribution is -2.28. The van der Waals surface area contributed by atoms with Gasteiger partial charge in [0.2, 0.25) is 5.88 Å². The standard InChI is InChI=1S/C13H18N2OS/c1-9(2)15(3)7-5-10-8-17-11-4-6-14-13(16)12(10)11/h4,6,8-9H,5,7H2,1-3H3,(H,14,16). The highest BCUT2D eigenvalue weighted by molar-refractivity contribution is 7.17. The number of thiophene rings is 1. The first-order chi connectivity index (χ1) is 8.09. The van der Waals surface area contributed by atoms with E-state index in [4.69, 9.17) is 0 Å². The van der Waals surface area contributed by atoms with Gasteiger partial charge in [0.1, 0.15) is 0 Å². The molecule has 0 atom stereocenters. The first-order valence-corrected chi connectivity index (χ1v) is 6.72. The van der Waals surface area contributed by atoms with Crippen molar-refractivity contribution in [1.82, 2.24) is 9.88 Å². The monoisotopic (exact) mass is 250 g/mol. The first-order valence-electron chi connectivity index (χ1n) is 5.84. The molecular weight excluding hydrogens is 232 g/mol. The smallest absolute Gasteiger partial charge is 0.219 e. The molecule has 0 amide bonds. The molecule has 0 aromatic carbocycles. The van der Waals surface area contributed by atoms with E-state index in [-0.39, 0.29) is 5.88 Å². The third-order valence-electron chi connectivity index (χ3n) is 3.16. The molecular formula is C13H18N2OS. The maximum atomic E-state index is 9.80. The van der Waals surface area contributed by atoms with Crippen LogP contribution in [-0.2, 0) is 6.42 Å². The Bertz CT molecular complexity index is 507.